The lowest BCUT2D eigenvalue weighted by Gasteiger charge is -2.19. The summed E-state index contributed by atoms with van der Waals surface area (Å²) in [4.78, 5) is 24.3. The highest BCUT2D eigenvalue weighted by atomic mass is 16.5. The van der Waals surface area contributed by atoms with E-state index < -0.39 is 12.0 Å². The molecule has 0 aromatic heterocycles. The van der Waals surface area contributed by atoms with E-state index in [-0.39, 0.29) is 11.3 Å². The van der Waals surface area contributed by atoms with Crippen LogP contribution in [0.4, 0.5) is 0 Å². The first-order chi connectivity index (χ1) is 12.2. The van der Waals surface area contributed by atoms with Crippen molar-refractivity contribution in [1.82, 2.24) is 10.9 Å². The molecule has 0 spiro atoms. The number of hydrogen-bond acceptors (Lipinski definition) is 3. The highest BCUT2D eigenvalue weighted by molar-refractivity contribution is 5.95. The first-order valence-corrected chi connectivity index (χ1v) is 8.61. The van der Waals surface area contributed by atoms with Crippen LogP contribution in [0.2, 0.25) is 0 Å². The van der Waals surface area contributed by atoms with Gasteiger partial charge >= 0.3 is 0 Å². The Bertz CT molecular complexity index is 777. The Hall–Kier alpha value is -2.82. The molecule has 0 aliphatic heterocycles. The predicted octanol–water partition coefficient (Wildman–Crippen LogP) is 3.52. The molecule has 5 heteroatoms. The Morgan fingerprint density at radius 2 is 1.58 bits per heavy atom. The van der Waals surface area contributed by atoms with Gasteiger partial charge in [0.05, 0.1) is 0 Å². The molecule has 2 amide bonds. The number of carbonyl (C=O) groups is 2. The van der Waals surface area contributed by atoms with Gasteiger partial charge in [0.25, 0.3) is 11.8 Å². The summed E-state index contributed by atoms with van der Waals surface area (Å²) in [5.41, 5.74) is 7.40. The molecule has 2 aromatic rings. The molecule has 0 heterocycles. The van der Waals surface area contributed by atoms with Crippen molar-refractivity contribution >= 4 is 11.8 Å². The van der Waals surface area contributed by atoms with Gasteiger partial charge in [0, 0.05) is 5.56 Å². The zero-order chi connectivity index (χ0) is 19.3. The highest BCUT2D eigenvalue weighted by Crippen LogP contribution is 2.22. The maximum Gasteiger partial charge on any atom is 0.279 e. The standard InChI is InChI=1S/C21H26N2O3/c1-14-8-6-7-9-18(14)26-15(2)19(24)22-23-20(25)16-10-12-17(13-11-16)21(3,4)5/h6-13,15H,1-5H3,(H,22,24)(H,23,25). The van der Waals surface area contributed by atoms with E-state index in [9.17, 15) is 9.59 Å². The Morgan fingerprint density at radius 3 is 2.15 bits per heavy atom. The predicted molar refractivity (Wildman–Crippen MR) is 102 cm³/mol. The summed E-state index contributed by atoms with van der Waals surface area (Å²) >= 11 is 0. The number of nitrogens with one attached hydrogen (secondary N) is 2. The maximum atomic E-state index is 12.2. The van der Waals surface area contributed by atoms with Crippen LogP contribution in [0.1, 0.15) is 49.2 Å². The average Bonchev–Trinajstić information content (AvgIpc) is 2.60. The van der Waals surface area contributed by atoms with E-state index in [1.807, 2.05) is 37.3 Å². The van der Waals surface area contributed by atoms with Gasteiger partial charge < -0.3 is 4.74 Å². The third-order valence-electron chi connectivity index (χ3n) is 4.08. The highest BCUT2D eigenvalue weighted by Gasteiger charge is 2.17. The van der Waals surface area contributed by atoms with Crippen molar-refractivity contribution in [2.45, 2.75) is 46.1 Å². The van der Waals surface area contributed by atoms with Gasteiger partial charge in [-0.05, 0) is 48.6 Å². The molecule has 0 saturated carbocycles. The molecule has 5 nitrogen and oxygen atoms in total. The molecule has 0 aliphatic carbocycles. The fourth-order valence-corrected chi connectivity index (χ4v) is 2.35. The molecular formula is C21H26N2O3. The summed E-state index contributed by atoms with van der Waals surface area (Å²) in [6.45, 7) is 9.86. The van der Waals surface area contributed by atoms with Gasteiger partial charge in [0.1, 0.15) is 5.75 Å². The summed E-state index contributed by atoms with van der Waals surface area (Å²) in [6.07, 6.45) is -0.736. The minimum absolute atomic E-state index is 0.0194. The number of ether oxygens (including phenoxy) is 1. The van der Waals surface area contributed by atoms with Gasteiger partial charge in [-0.2, -0.15) is 0 Å². The molecule has 2 N–H and O–H groups in total. The molecule has 1 unspecified atom stereocenters. The van der Waals surface area contributed by atoms with E-state index in [1.54, 1.807) is 25.1 Å². The number of hydrazine groups is 1. The molecule has 0 radical (unpaired) electrons. The number of para-hydroxylation sites is 1. The smallest absolute Gasteiger partial charge is 0.279 e. The van der Waals surface area contributed by atoms with Crippen LogP contribution in [-0.4, -0.2) is 17.9 Å². The number of carbonyl (C=O) groups excluding carboxylic acids is 2. The van der Waals surface area contributed by atoms with E-state index in [0.717, 1.165) is 11.1 Å². The van der Waals surface area contributed by atoms with E-state index >= 15 is 0 Å². The van der Waals surface area contributed by atoms with Crippen LogP contribution in [0.15, 0.2) is 48.5 Å². The normalized spacial score (nSPS) is 12.2. The Balaban J connectivity index is 1.90. The van der Waals surface area contributed by atoms with Gasteiger partial charge in [0.2, 0.25) is 0 Å². The minimum Gasteiger partial charge on any atom is -0.481 e. The number of amides is 2. The fourth-order valence-electron chi connectivity index (χ4n) is 2.35. The van der Waals surface area contributed by atoms with Crippen LogP contribution in [0, 0.1) is 6.92 Å². The molecule has 0 aliphatic rings. The van der Waals surface area contributed by atoms with Gasteiger partial charge in [-0.3, -0.25) is 20.4 Å². The van der Waals surface area contributed by atoms with E-state index in [2.05, 4.69) is 31.6 Å². The van der Waals surface area contributed by atoms with E-state index in [4.69, 9.17) is 4.74 Å². The minimum atomic E-state index is -0.736. The summed E-state index contributed by atoms with van der Waals surface area (Å²) in [6, 6.07) is 14.8. The molecule has 2 rings (SSSR count). The lowest BCUT2D eigenvalue weighted by molar-refractivity contribution is -0.128. The SMILES string of the molecule is Cc1ccccc1OC(C)C(=O)NNC(=O)c1ccc(C(C)(C)C)cc1. The quantitative estimate of drug-likeness (QED) is 0.826. The third kappa shape index (κ3) is 5.09. The third-order valence-corrected chi connectivity index (χ3v) is 4.08. The van der Waals surface area contributed by atoms with Gasteiger partial charge in [-0.1, -0.05) is 51.1 Å². The molecule has 0 saturated heterocycles. The van der Waals surface area contributed by atoms with E-state index in [0.29, 0.717) is 11.3 Å². The first-order valence-electron chi connectivity index (χ1n) is 8.61. The van der Waals surface area contributed by atoms with Crippen LogP contribution in [0.25, 0.3) is 0 Å². The van der Waals surface area contributed by atoms with Crippen LogP contribution < -0.4 is 15.6 Å². The van der Waals surface area contributed by atoms with Crippen molar-refractivity contribution < 1.29 is 14.3 Å². The van der Waals surface area contributed by atoms with Crippen molar-refractivity contribution in [1.29, 1.82) is 0 Å². The van der Waals surface area contributed by atoms with Crippen LogP contribution in [0.3, 0.4) is 0 Å². The summed E-state index contributed by atoms with van der Waals surface area (Å²) < 4.78 is 5.63. The van der Waals surface area contributed by atoms with Crippen LogP contribution in [-0.2, 0) is 10.2 Å². The molecule has 26 heavy (non-hydrogen) atoms. The van der Waals surface area contributed by atoms with Gasteiger partial charge in [-0.15, -0.1) is 0 Å². The van der Waals surface area contributed by atoms with Crippen molar-refractivity contribution in [3.63, 3.8) is 0 Å². The molecular weight excluding hydrogens is 328 g/mol. The molecule has 2 aromatic carbocycles. The second-order valence-electron chi connectivity index (χ2n) is 7.30. The summed E-state index contributed by atoms with van der Waals surface area (Å²) in [5.74, 6) is -0.158. The molecule has 0 fully saturated rings. The zero-order valence-electron chi connectivity index (χ0n) is 15.9. The Kier molecular flexibility index (Phi) is 6.03. The van der Waals surface area contributed by atoms with Crippen LogP contribution in [0.5, 0.6) is 5.75 Å². The van der Waals surface area contributed by atoms with Crippen molar-refractivity contribution in [2.75, 3.05) is 0 Å². The molecule has 138 valence electrons. The number of aryl methyl sites for hydroxylation is 1. The van der Waals surface area contributed by atoms with Crippen molar-refractivity contribution in [2.24, 2.45) is 0 Å². The van der Waals surface area contributed by atoms with Gasteiger partial charge in [-0.25, -0.2) is 0 Å². The Labute approximate surface area is 154 Å². The average molecular weight is 354 g/mol. The largest absolute Gasteiger partial charge is 0.481 e. The lowest BCUT2D eigenvalue weighted by atomic mass is 9.87. The number of hydrogen-bond donors (Lipinski definition) is 2. The second kappa shape index (κ2) is 8.04. The van der Waals surface area contributed by atoms with Gasteiger partial charge in [0.15, 0.2) is 6.10 Å². The summed E-state index contributed by atoms with van der Waals surface area (Å²) in [7, 11) is 0. The molecule has 1 atom stereocenters. The summed E-state index contributed by atoms with van der Waals surface area (Å²) in [5, 5.41) is 0. The molecule has 0 bridgehead atoms. The van der Waals surface area contributed by atoms with Crippen molar-refractivity contribution in [3.05, 3.63) is 65.2 Å². The Morgan fingerprint density at radius 1 is 0.962 bits per heavy atom. The lowest BCUT2D eigenvalue weighted by Crippen LogP contribution is -2.47. The van der Waals surface area contributed by atoms with E-state index in [1.165, 1.54) is 0 Å². The zero-order valence-corrected chi connectivity index (χ0v) is 15.9. The van der Waals surface area contributed by atoms with Crippen molar-refractivity contribution in [3.8, 4) is 5.75 Å². The number of rotatable bonds is 4. The first kappa shape index (κ1) is 19.5. The topological polar surface area (TPSA) is 67.4 Å². The maximum absolute atomic E-state index is 12.2. The fraction of sp³-hybridized carbons (Fsp3) is 0.333. The van der Waals surface area contributed by atoms with Crippen LogP contribution >= 0.6 is 0 Å². The monoisotopic (exact) mass is 354 g/mol. The number of benzene rings is 2. The second-order valence-corrected chi connectivity index (χ2v) is 7.30.